The van der Waals surface area contributed by atoms with Crippen LogP contribution in [-0.4, -0.2) is 49.0 Å². The summed E-state index contributed by atoms with van der Waals surface area (Å²) in [6.45, 7) is 8.04. The maximum Gasteiger partial charge on any atom is 0.234 e. The number of amides is 1. The third kappa shape index (κ3) is 4.07. The monoisotopic (exact) mass is 199 g/mol. The van der Waals surface area contributed by atoms with Gasteiger partial charge in [0.2, 0.25) is 5.91 Å². The molecule has 0 aliphatic carbocycles. The predicted octanol–water partition coefficient (Wildman–Crippen LogP) is 0.311. The van der Waals surface area contributed by atoms with E-state index in [1.54, 1.807) is 0 Å². The van der Waals surface area contributed by atoms with E-state index in [0.29, 0.717) is 12.3 Å². The fraction of sp³-hybridized carbons (Fsp3) is 0.900. The van der Waals surface area contributed by atoms with Crippen LogP contribution in [0.3, 0.4) is 0 Å². The average Bonchev–Trinajstić information content (AvgIpc) is 2.07. The molecule has 1 amide bonds. The molecule has 82 valence electrons. The van der Waals surface area contributed by atoms with Crippen LogP contribution in [0.4, 0.5) is 0 Å². The van der Waals surface area contributed by atoms with Gasteiger partial charge in [0.05, 0.1) is 0 Å². The summed E-state index contributed by atoms with van der Waals surface area (Å²) in [5, 5.41) is 2.02. The molecule has 4 nitrogen and oxygen atoms in total. The van der Waals surface area contributed by atoms with E-state index >= 15 is 0 Å². The van der Waals surface area contributed by atoms with Crippen LogP contribution in [0.1, 0.15) is 20.3 Å². The number of hydrogen-bond acceptors (Lipinski definition) is 3. The zero-order valence-corrected chi connectivity index (χ0v) is 9.42. The van der Waals surface area contributed by atoms with Gasteiger partial charge >= 0.3 is 0 Å². The standard InChI is InChI=1S/C10H21N3O/c1-9(2)8-10(14)11-13-6-4-12(3)5-7-13/h9H,4-8H2,1-3H3,(H,11,14). The van der Waals surface area contributed by atoms with Crippen molar-refractivity contribution >= 4 is 5.91 Å². The summed E-state index contributed by atoms with van der Waals surface area (Å²) in [7, 11) is 2.10. The van der Waals surface area contributed by atoms with Crippen LogP contribution in [0.2, 0.25) is 0 Å². The number of hydrogen-bond donors (Lipinski definition) is 1. The minimum atomic E-state index is 0.143. The van der Waals surface area contributed by atoms with E-state index < -0.39 is 0 Å². The lowest BCUT2D eigenvalue weighted by Gasteiger charge is -2.32. The molecule has 0 unspecified atom stereocenters. The first kappa shape index (κ1) is 11.5. The van der Waals surface area contributed by atoms with Crippen molar-refractivity contribution in [1.29, 1.82) is 0 Å². The molecule has 0 atom stereocenters. The summed E-state index contributed by atoms with van der Waals surface area (Å²) in [6.07, 6.45) is 0.617. The lowest BCUT2D eigenvalue weighted by molar-refractivity contribution is -0.127. The topological polar surface area (TPSA) is 35.6 Å². The van der Waals surface area contributed by atoms with Crippen LogP contribution in [0.5, 0.6) is 0 Å². The molecule has 0 aromatic rings. The number of likely N-dealkylation sites (N-methyl/N-ethyl adjacent to an activating group) is 1. The SMILES string of the molecule is CC(C)CC(=O)NN1CCN(C)CC1. The van der Waals surface area contributed by atoms with Crippen LogP contribution in [0.25, 0.3) is 0 Å². The quantitative estimate of drug-likeness (QED) is 0.710. The van der Waals surface area contributed by atoms with Crippen LogP contribution >= 0.6 is 0 Å². The number of hydrazine groups is 1. The molecule has 0 saturated carbocycles. The Hall–Kier alpha value is -0.610. The molecule has 0 spiro atoms. The van der Waals surface area contributed by atoms with Gasteiger partial charge in [0.1, 0.15) is 0 Å². The largest absolute Gasteiger partial charge is 0.304 e. The van der Waals surface area contributed by atoms with E-state index in [9.17, 15) is 4.79 Å². The van der Waals surface area contributed by atoms with Gasteiger partial charge in [0.15, 0.2) is 0 Å². The summed E-state index contributed by atoms with van der Waals surface area (Å²) in [6, 6.07) is 0. The van der Waals surface area contributed by atoms with E-state index in [4.69, 9.17) is 0 Å². The molecule has 1 aliphatic heterocycles. The number of carbonyl (C=O) groups is 1. The van der Waals surface area contributed by atoms with Gasteiger partial charge in [-0.15, -0.1) is 0 Å². The van der Waals surface area contributed by atoms with Gasteiger partial charge in [-0.25, -0.2) is 5.01 Å². The summed E-state index contributed by atoms with van der Waals surface area (Å²) in [5.41, 5.74) is 2.94. The molecule has 1 aliphatic rings. The second-order valence-corrected chi connectivity index (χ2v) is 4.42. The van der Waals surface area contributed by atoms with Crippen molar-refractivity contribution in [2.45, 2.75) is 20.3 Å². The van der Waals surface area contributed by atoms with E-state index in [1.807, 2.05) is 5.01 Å². The Balaban J connectivity index is 2.20. The number of piperazine rings is 1. The van der Waals surface area contributed by atoms with Gasteiger partial charge < -0.3 is 4.90 Å². The Morgan fingerprint density at radius 2 is 1.86 bits per heavy atom. The van der Waals surface area contributed by atoms with Crippen molar-refractivity contribution < 1.29 is 4.79 Å². The van der Waals surface area contributed by atoms with Crippen molar-refractivity contribution in [1.82, 2.24) is 15.3 Å². The van der Waals surface area contributed by atoms with Crippen LogP contribution in [0.15, 0.2) is 0 Å². The first-order valence-electron chi connectivity index (χ1n) is 5.31. The van der Waals surface area contributed by atoms with Gasteiger partial charge in [0, 0.05) is 32.6 Å². The zero-order chi connectivity index (χ0) is 10.6. The predicted molar refractivity (Wildman–Crippen MR) is 56.7 cm³/mol. The van der Waals surface area contributed by atoms with E-state index in [-0.39, 0.29) is 5.91 Å². The minimum Gasteiger partial charge on any atom is -0.304 e. The Labute approximate surface area is 86.2 Å². The van der Waals surface area contributed by atoms with Gasteiger partial charge in [-0.3, -0.25) is 10.2 Å². The van der Waals surface area contributed by atoms with E-state index in [2.05, 4.69) is 31.2 Å². The first-order chi connectivity index (χ1) is 6.58. The van der Waals surface area contributed by atoms with Crippen molar-refractivity contribution in [3.8, 4) is 0 Å². The van der Waals surface area contributed by atoms with Crippen molar-refractivity contribution in [3.05, 3.63) is 0 Å². The third-order valence-electron chi connectivity index (χ3n) is 2.38. The maximum absolute atomic E-state index is 11.4. The van der Waals surface area contributed by atoms with Crippen molar-refractivity contribution in [2.24, 2.45) is 5.92 Å². The molecule has 0 aromatic heterocycles. The summed E-state index contributed by atoms with van der Waals surface area (Å²) < 4.78 is 0. The van der Waals surface area contributed by atoms with Gasteiger partial charge in [0.25, 0.3) is 0 Å². The van der Waals surface area contributed by atoms with E-state index in [0.717, 1.165) is 26.2 Å². The average molecular weight is 199 g/mol. The molecule has 4 heteroatoms. The lowest BCUT2D eigenvalue weighted by atomic mass is 10.1. The molecule has 0 aromatic carbocycles. The Kier molecular flexibility index (Phi) is 4.35. The fourth-order valence-electron chi connectivity index (χ4n) is 1.51. The van der Waals surface area contributed by atoms with Gasteiger partial charge in [-0.1, -0.05) is 13.8 Å². The van der Waals surface area contributed by atoms with Crippen LogP contribution in [0, 0.1) is 5.92 Å². The Bertz CT molecular complexity index is 186. The summed E-state index contributed by atoms with van der Waals surface area (Å²) >= 11 is 0. The number of carbonyl (C=O) groups excluding carboxylic acids is 1. The van der Waals surface area contributed by atoms with Crippen LogP contribution < -0.4 is 5.43 Å². The van der Waals surface area contributed by atoms with Crippen molar-refractivity contribution in [3.63, 3.8) is 0 Å². The number of nitrogens with zero attached hydrogens (tertiary/aromatic N) is 2. The van der Waals surface area contributed by atoms with Gasteiger partial charge in [-0.05, 0) is 13.0 Å². The second kappa shape index (κ2) is 5.32. The normalized spacial score (nSPS) is 20.0. The Morgan fingerprint density at radius 3 is 2.36 bits per heavy atom. The minimum absolute atomic E-state index is 0.143. The molecule has 1 fully saturated rings. The summed E-state index contributed by atoms with van der Waals surface area (Å²) in [4.78, 5) is 13.7. The molecule has 1 saturated heterocycles. The lowest BCUT2D eigenvalue weighted by Crippen LogP contribution is -2.52. The molecule has 14 heavy (non-hydrogen) atoms. The molecular weight excluding hydrogens is 178 g/mol. The highest BCUT2D eigenvalue weighted by atomic mass is 16.2. The molecule has 0 radical (unpaired) electrons. The molecular formula is C10H21N3O. The third-order valence-corrected chi connectivity index (χ3v) is 2.38. The first-order valence-corrected chi connectivity index (χ1v) is 5.31. The fourth-order valence-corrected chi connectivity index (χ4v) is 1.51. The maximum atomic E-state index is 11.4. The molecule has 1 N–H and O–H groups in total. The van der Waals surface area contributed by atoms with Crippen LogP contribution in [-0.2, 0) is 4.79 Å². The smallest absolute Gasteiger partial charge is 0.234 e. The number of nitrogens with one attached hydrogen (secondary N) is 1. The highest BCUT2D eigenvalue weighted by Crippen LogP contribution is 2.00. The molecule has 1 rings (SSSR count). The zero-order valence-electron chi connectivity index (χ0n) is 9.42. The highest BCUT2D eigenvalue weighted by molar-refractivity contribution is 5.75. The number of rotatable bonds is 3. The molecule has 0 bridgehead atoms. The second-order valence-electron chi connectivity index (χ2n) is 4.42. The Morgan fingerprint density at radius 1 is 1.29 bits per heavy atom. The molecule has 1 heterocycles. The van der Waals surface area contributed by atoms with Crippen molar-refractivity contribution in [2.75, 3.05) is 33.2 Å². The van der Waals surface area contributed by atoms with Gasteiger partial charge in [-0.2, -0.15) is 0 Å². The summed E-state index contributed by atoms with van der Waals surface area (Å²) in [5.74, 6) is 0.576. The van der Waals surface area contributed by atoms with E-state index in [1.165, 1.54) is 0 Å². The highest BCUT2D eigenvalue weighted by Gasteiger charge is 2.15.